The van der Waals surface area contributed by atoms with E-state index >= 15 is 0 Å². The Balaban J connectivity index is 2.03. The van der Waals surface area contributed by atoms with Crippen molar-refractivity contribution in [1.29, 1.82) is 0 Å². The van der Waals surface area contributed by atoms with Crippen LogP contribution in [0.1, 0.15) is 12.8 Å². The molecule has 1 fully saturated rings. The number of hydrogen-bond donors (Lipinski definition) is 1. The number of hydrogen-bond acceptors (Lipinski definition) is 3. The van der Waals surface area contributed by atoms with Crippen LogP contribution < -0.4 is 10.1 Å². The van der Waals surface area contributed by atoms with Gasteiger partial charge in [-0.1, -0.05) is 0 Å². The Bertz CT molecular complexity index is 608. The first-order valence-electron chi connectivity index (χ1n) is 6.02. The summed E-state index contributed by atoms with van der Waals surface area (Å²) in [5.74, 6) is 1.66. The highest BCUT2D eigenvalue weighted by Crippen LogP contribution is 2.35. The van der Waals surface area contributed by atoms with Gasteiger partial charge in [-0.25, -0.2) is 4.98 Å². The molecule has 100 valence electrons. The van der Waals surface area contributed by atoms with E-state index in [0.717, 1.165) is 26.3 Å². The van der Waals surface area contributed by atoms with Gasteiger partial charge in [-0.05, 0) is 50.8 Å². The van der Waals surface area contributed by atoms with E-state index in [1.807, 2.05) is 22.9 Å². The third-order valence-electron chi connectivity index (χ3n) is 3.03. The van der Waals surface area contributed by atoms with E-state index in [1.54, 1.807) is 13.3 Å². The van der Waals surface area contributed by atoms with Crippen LogP contribution in [0.5, 0.6) is 5.75 Å². The Morgan fingerprint density at radius 2 is 2.11 bits per heavy atom. The van der Waals surface area contributed by atoms with Gasteiger partial charge in [0, 0.05) is 29.0 Å². The van der Waals surface area contributed by atoms with Crippen LogP contribution in [0.3, 0.4) is 0 Å². The third-order valence-corrected chi connectivity index (χ3v) is 4.29. The third kappa shape index (κ3) is 2.65. The first-order chi connectivity index (χ1) is 9.19. The summed E-state index contributed by atoms with van der Waals surface area (Å²) in [5.41, 5.74) is 1.00. The number of rotatable bonds is 4. The van der Waals surface area contributed by atoms with Gasteiger partial charge in [0.15, 0.2) is 0 Å². The van der Waals surface area contributed by atoms with Gasteiger partial charge in [0.25, 0.3) is 0 Å². The molecule has 0 radical (unpaired) electrons. The minimum atomic E-state index is 0.567. The maximum Gasteiger partial charge on any atom is 0.207 e. The highest BCUT2D eigenvalue weighted by molar-refractivity contribution is 9.11. The summed E-state index contributed by atoms with van der Waals surface area (Å²) in [6, 6.07) is 4.53. The van der Waals surface area contributed by atoms with Gasteiger partial charge in [-0.2, -0.15) is 0 Å². The number of halogens is 2. The van der Waals surface area contributed by atoms with Crippen molar-refractivity contribution in [2.24, 2.45) is 0 Å². The van der Waals surface area contributed by atoms with E-state index in [9.17, 15) is 0 Å². The summed E-state index contributed by atoms with van der Waals surface area (Å²) in [4.78, 5) is 4.37. The largest absolute Gasteiger partial charge is 0.495 e. The lowest BCUT2D eigenvalue weighted by molar-refractivity contribution is 0.412. The molecule has 1 heterocycles. The molecular weight excluding hydrogens is 374 g/mol. The van der Waals surface area contributed by atoms with Gasteiger partial charge in [-0.3, -0.25) is 4.57 Å². The number of methoxy groups -OCH3 is 1. The Labute approximate surface area is 128 Å². The van der Waals surface area contributed by atoms with Crippen LogP contribution >= 0.6 is 31.9 Å². The fourth-order valence-corrected chi connectivity index (χ4v) is 3.22. The zero-order valence-corrected chi connectivity index (χ0v) is 13.5. The Hall–Kier alpha value is -1.01. The molecule has 6 heteroatoms. The second-order valence-electron chi connectivity index (χ2n) is 4.48. The van der Waals surface area contributed by atoms with Gasteiger partial charge in [0.2, 0.25) is 5.95 Å². The summed E-state index contributed by atoms with van der Waals surface area (Å²) in [7, 11) is 1.66. The van der Waals surface area contributed by atoms with Crippen LogP contribution in [0.2, 0.25) is 0 Å². The van der Waals surface area contributed by atoms with Crippen LogP contribution in [-0.2, 0) is 0 Å². The van der Waals surface area contributed by atoms with Crippen LogP contribution in [0.4, 0.5) is 5.95 Å². The van der Waals surface area contributed by atoms with Crippen LogP contribution in [0.25, 0.3) is 5.69 Å². The number of benzene rings is 1. The van der Waals surface area contributed by atoms with Crippen molar-refractivity contribution in [1.82, 2.24) is 9.55 Å². The molecule has 0 bridgehead atoms. The fourth-order valence-electron chi connectivity index (χ4n) is 1.87. The van der Waals surface area contributed by atoms with Crippen molar-refractivity contribution in [3.63, 3.8) is 0 Å². The summed E-state index contributed by atoms with van der Waals surface area (Å²) in [6.45, 7) is 0. The van der Waals surface area contributed by atoms with Gasteiger partial charge < -0.3 is 10.1 Å². The zero-order chi connectivity index (χ0) is 13.4. The lowest BCUT2D eigenvalue weighted by Crippen LogP contribution is -2.08. The average molecular weight is 387 g/mol. The second kappa shape index (κ2) is 5.17. The van der Waals surface area contributed by atoms with Crippen molar-refractivity contribution in [3.05, 3.63) is 33.5 Å². The Kier molecular flexibility index (Phi) is 3.54. The van der Waals surface area contributed by atoms with Crippen molar-refractivity contribution >= 4 is 37.8 Å². The normalized spacial score (nSPS) is 14.5. The van der Waals surface area contributed by atoms with Crippen LogP contribution in [0.15, 0.2) is 33.5 Å². The zero-order valence-electron chi connectivity index (χ0n) is 10.4. The molecule has 1 N–H and O–H groups in total. The summed E-state index contributed by atoms with van der Waals surface area (Å²) in [6.07, 6.45) is 6.18. The molecule has 2 aromatic rings. The molecule has 1 aromatic carbocycles. The molecule has 0 aliphatic heterocycles. The molecule has 1 aliphatic carbocycles. The van der Waals surface area contributed by atoms with Gasteiger partial charge >= 0.3 is 0 Å². The SMILES string of the molecule is COc1cc(-n2ccnc2NC2CC2)c(Br)cc1Br. The summed E-state index contributed by atoms with van der Waals surface area (Å²) >= 11 is 7.06. The van der Waals surface area contributed by atoms with E-state index in [2.05, 4.69) is 42.2 Å². The predicted octanol–water partition coefficient (Wildman–Crippen LogP) is 3.98. The molecule has 4 nitrogen and oxygen atoms in total. The smallest absolute Gasteiger partial charge is 0.207 e. The van der Waals surface area contributed by atoms with Crippen LogP contribution in [0, 0.1) is 0 Å². The maximum absolute atomic E-state index is 5.35. The topological polar surface area (TPSA) is 39.1 Å². The average Bonchev–Trinajstić information content (AvgIpc) is 3.08. The highest BCUT2D eigenvalue weighted by atomic mass is 79.9. The predicted molar refractivity (Wildman–Crippen MR) is 82.2 cm³/mol. The van der Waals surface area contributed by atoms with E-state index in [-0.39, 0.29) is 0 Å². The van der Waals surface area contributed by atoms with E-state index < -0.39 is 0 Å². The molecule has 1 aromatic heterocycles. The molecule has 0 amide bonds. The highest BCUT2D eigenvalue weighted by Gasteiger charge is 2.23. The van der Waals surface area contributed by atoms with Gasteiger partial charge in [-0.15, -0.1) is 0 Å². The quantitative estimate of drug-likeness (QED) is 0.863. The monoisotopic (exact) mass is 385 g/mol. The Morgan fingerprint density at radius 1 is 1.32 bits per heavy atom. The molecule has 1 aliphatic rings. The van der Waals surface area contributed by atoms with Gasteiger partial charge in [0.1, 0.15) is 5.75 Å². The number of aromatic nitrogens is 2. The van der Waals surface area contributed by atoms with E-state index in [4.69, 9.17) is 4.74 Å². The number of ether oxygens (including phenoxy) is 1. The van der Waals surface area contributed by atoms with Crippen molar-refractivity contribution in [2.45, 2.75) is 18.9 Å². The molecule has 1 saturated carbocycles. The summed E-state index contributed by atoms with van der Waals surface area (Å²) < 4.78 is 9.28. The van der Waals surface area contributed by atoms with Gasteiger partial charge in [0.05, 0.1) is 17.3 Å². The molecule has 19 heavy (non-hydrogen) atoms. The molecular formula is C13H13Br2N3O. The molecule has 0 spiro atoms. The van der Waals surface area contributed by atoms with E-state index in [0.29, 0.717) is 6.04 Å². The summed E-state index contributed by atoms with van der Waals surface area (Å²) in [5, 5.41) is 3.42. The van der Waals surface area contributed by atoms with Crippen LogP contribution in [-0.4, -0.2) is 22.7 Å². The minimum absolute atomic E-state index is 0.567. The standard InChI is InChI=1S/C13H13Br2N3O/c1-19-12-7-11(9(14)6-10(12)15)18-5-4-16-13(18)17-8-2-3-8/h4-8H,2-3H2,1H3,(H,16,17). The molecule has 0 saturated heterocycles. The Morgan fingerprint density at radius 3 is 2.79 bits per heavy atom. The first kappa shape index (κ1) is 13.0. The van der Waals surface area contributed by atoms with E-state index in [1.165, 1.54) is 12.8 Å². The number of nitrogens with zero attached hydrogens (tertiary/aromatic N) is 2. The lowest BCUT2D eigenvalue weighted by atomic mass is 10.3. The maximum atomic E-state index is 5.35. The van der Waals surface area contributed by atoms with Crippen molar-refractivity contribution in [3.8, 4) is 11.4 Å². The van der Waals surface area contributed by atoms with Crippen molar-refractivity contribution < 1.29 is 4.74 Å². The lowest BCUT2D eigenvalue weighted by Gasteiger charge is -2.13. The minimum Gasteiger partial charge on any atom is -0.495 e. The fraction of sp³-hybridized carbons (Fsp3) is 0.308. The number of anilines is 1. The number of nitrogens with one attached hydrogen (secondary N) is 1. The van der Waals surface area contributed by atoms with Crippen molar-refractivity contribution in [2.75, 3.05) is 12.4 Å². The molecule has 0 unspecified atom stereocenters. The first-order valence-corrected chi connectivity index (χ1v) is 7.61. The molecule has 3 rings (SSSR count). The second-order valence-corrected chi connectivity index (χ2v) is 6.19. The number of imidazole rings is 1. The molecule has 0 atom stereocenters.